The van der Waals surface area contributed by atoms with Gasteiger partial charge < -0.3 is 10.1 Å². The van der Waals surface area contributed by atoms with Crippen LogP contribution in [0.15, 0.2) is 54.6 Å². The summed E-state index contributed by atoms with van der Waals surface area (Å²) in [6.45, 7) is 0. The van der Waals surface area contributed by atoms with Crippen molar-refractivity contribution >= 4 is 29.4 Å². The van der Waals surface area contributed by atoms with E-state index >= 15 is 0 Å². The molecule has 102 valence electrons. The van der Waals surface area contributed by atoms with Crippen molar-refractivity contribution in [1.82, 2.24) is 5.32 Å². The third-order valence-corrected chi connectivity index (χ3v) is 2.49. The summed E-state index contributed by atoms with van der Waals surface area (Å²) in [6.07, 6.45) is -0.888. The Balaban J connectivity index is 1.87. The van der Waals surface area contributed by atoms with Crippen LogP contribution in [0, 0.1) is 0 Å². The lowest BCUT2D eigenvalue weighted by molar-refractivity contribution is 0.199. The number of rotatable bonds is 2. The molecule has 0 aliphatic heterocycles. The lowest BCUT2D eigenvalue weighted by Gasteiger charge is -2.07. The number of urea groups is 1. The number of nitrogens with one attached hydrogen (secondary N) is 2. The van der Waals surface area contributed by atoms with Crippen LogP contribution in [0.1, 0.15) is 0 Å². The van der Waals surface area contributed by atoms with E-state index in [4.69, 9.17) is 16.3 Å². The van der Waals surface area contributed by atoms with Gasteiger partial charge in [-0.1, -0.05) is 35.9 Å². The van der Waals surface area contributed by atoms with Crippen LogP contribution in [0.3, 0.4) is 0 Å². The summed E-state index contributed by atoms with van der Waals surface area (Å²) in [7, 11) is 0. The number of hydrogen-bond acceptors (Lipinski definition) is 3. The smallest absolute Gasteiger partial charge is 0.410 e. The molecular weight excluding hydrogens is 280 g/mol. The van der Waals surface area contributed by atoms with E-state index in [1.165, 1.54) is 6.07 Å². The molecule has 5 nitrogen and oxygen atoms in total. The normalized spacial score (nSPS) is 9.65. The van der Waals surface area contributed by atoms with Crippen molar-refractivity contribution in [3.8, 4) is 5.75 Å². The lowest BCUT2D eigenvalue weighted by Crippen LogP contribution is -2.36. The van der Waals surface area contributed by atoms with E-state index in [9.17, 15) is 9.59 Å². The Morgan fingerprint density at radius 1 is 1.00 bits per heavy atom. The molecule has 2 aromatic carbocycles. The fourth-order valence-electron chi connectivity index (χ4n) is 1.44. The zero-order valence-corrected chi connectivity index (χ0v) is 11.1. The molecule has 0 unspecified atom stereocenters. The van der Waals surface area contributed by atoms with Crippen LogP contribution < -0.4 is 15.4 Å². The van der Waals surface area contributed by atoms with Crippen LogP contribution in [0.2, 0.25) is 5.02 Å². The third kappa shape index (κ3) is 4.29. The Bertz CT molecular complexity index is 617. The second-order valence-corrected chi connectivity index (χ2v) is 4.23. The van der Waals surface area contributed by atoms with Gasteiger partial charge in [0.15, 0.2) is 0 Å². The van der Waals surface area contributed by atoms with E-state index in [-0.39, 0.29) is 5.75 Å². The maximum atomic E-state index is 11.5. The first-order chi connectivity index (χ1) is 9.63. The van der Waals surface area contributed by atoms with Crippen molar-refractivity contribution in [1.29, 1.82) is 0 Å². The van der Waals surface area contributed by atoms with Crippen molar-refractivity contribution in [3.63, 3.8) is 0 Å². The van der Waals surface area contributed by atoms with E-state index in [1.54, 1.807) is 42.5 Å². The Kier molecular flexibility index (Phi) is 4.57. The second-order valence-electron chi connectivity index (χ2n) is 3.79. The number of para-hydroxylation sites is 1. The molecule has 2 N–H and O–H groups in total. The molecule has 3 amide bonds. The minimum Gasteiger partial charge on any atom is -0.410 e. The summed E-state index contributed by atoms with van der Waals surface area (Å²) in [4.78, 5) is 23.0. The van der Waals surface area contributed by atoms with Gasteiger partial charge in [0, 0.05) is 10.7 Å². The molecule has 0 aliphatic rings. The van der Waals surface area contributed by atoms with Crippen LogP contribution in [-0.2, 0) is 0 Å². The predicted molar refractivity (Wildman–Crippen MR) is 76.1 cm³/mol. The van der Waals surface area contributed by atoms with Crippen LogP contribution in [0.25, 0.3) is 0 Å². The fraction of sp³-hybridized carbons (Fsp3) is 0. The van der Waals surface area contributed by atoms with Crippen molar-refractivity contribution in [2.45, 2.75) is 0 Å². The molecule has 0 fully saturated rings. The molecule has 0 radical (unpaired) electrons. The molecule has 0 saturated carbocycles. The highest BCUT2D eigenvalue weighted by Crippen LogP contribution is 2.17. The number of amides is 3. The Hall–Kier alpha value is -2.53. The molecule has 0 heterocycles. The van der Waals surface area contributed by atoms with Gasteiger partial charge in [-0.25, -0.2) is 14.9 Å². The van der Waals surface area contributed by atoms with Gasteiger partial charge in [0.2, 0.25) is 0 Å². The van der Waals surface area contributed by atoms with Crippen LogP contribution in [0.4, 0.5) is 15.3 Å². The molecule has 0 aliphatic carbocycles. The second kappa shape index (κ2) is 6.58. The Labute approximate surface area is 120 Å². The maximum Gasteiger partial charge on any atom is 0.420 e. The van der Waals surface area contributed by atoms with Gasteiger partial charge in [-0.3, -0.25) is 0 Å². The number of imide groups is 1. The van der Waals surface area contributed by atoms with E-state index in [1.807, 2.05) is 11.4 Å². The third-order valence-electron chi connectivity index (χ3n) is 2.25. The van der Waals surface area contributed by atoms with Gasteiger partial charge >= 0.3 is 12.1 Å². The van der Waals surface area contributed by atoms with E-state index in [2.05, 4.69) is 5.32 Å². The molecule has 2 rings (SSSR count). The molecule has 0 bridgehead atoms. The summed E-state index contributed by atoms with van der Waals surface area (Å²) in [6, 6.07) is 14.4. The highest BCUT2D eigenvalue weighted by Gasteiger charge is 2.10. The molecule has 0 aromatic heterocycles. The highest BCUT2D eigenvalue weighted by molar-refractivity contribution is 6.30. The highest BCUT2D eigenvalue weighted by atomic mass is 35.5. The van der Waals surface area contributed by atoms with Gasteiger partial charge in [-0.15, -0.1) is 0 Å². The van der Waals surface area contributed by atoms with Crippen molar-refractivity contribution in [2.24, 2.45) is 0 Å². The molecule has 0 atom stereocenters. The fourth-order valence-corrected chi connectivity index (χ4v) is 1.62. The monoisotopic (exact) mass is 290 g/mol. The molecule has 6 heteroatoms. The molecule has 20 heavy (non-hydrogen) atoms. The number of halogens is 1. The van der Waals surface area contributed by atoms with Gasteiger partial charge in [0.05, 0.1) is 0 Å². The summed E-state index contributed by atoms with van der Waals surface area (Å²) in [5.41, 5.74) is 0.570. The predicted octanol–water partition coefficient (Wildman–Crippen LogP) is 3.66. The van der Waals surface area contributed by atoms with Gasteiger partial charge in [0.1, 0.15) is 5.75 Å². The number of benzene rings is 2. The minimum absolute atomic E-state index is 0.252. The quantitative estimate of drug-likeness (QED) is 0.887. The topological polar surface area (TPSA) is 67.4 Å². The molecule has 0 saturated heterocycles. The van der Waals surface area contributed by atoms with Crippen molar-refractivity contribution in [2.75, 3.05) is 5.32 Å². The van der Waals surface area contributed by atoms with Gasteiger partial charge in [-0.05, 0) is 30.3 Å². The lowest BCUT2D eigenvalue weighted by atomic mass is 10.3. The first-order valence-corrected chi connectivity index (χ1v) is 6.12. The van der Waals surface area contributed by atoms with Crippen LogP contribution in [-0.4, -0.2) is 12.1 Å². The summed E-state index contributed by atoms with van der Waals surface area (Å²) in [5, 5.41) is 4.97. The van der Waals surface area contributed by atoms with E-state index in [0.717, 1.165) is 0 Å². The Morgan fingerprint density at radius 3 is 2.45 bits per heavy atom. The minimum atomic E-state index is -0.888. The number of hydrogen-bond donors (Lipinski definition) is 2. The zero-order valence-electron chi connectivity index (χ0n) is 10.3. The first kappa shape index (κ1) is 13.9. The molecule has 0 spiro atoms. The van der Waals surface area contributed by atoms with Crippen LogP contribution >= 0.6 is 11.6 Å². The van der Waals surface area contributed by atoms with Crippen LogP contribution in [0.5, 0.6) is 5.75 Å². The average Bonchev–Trinajstić information content (AvgIpc) is 2.39. The zero-order chi connectivity index (χ0) is 14.4. The van der Waals surface area contributed by atoms with Crippen molar-refractivity contribution < 1.29 is 14.3 Å². The number of anilines is 1. The van der Waals surface area contributed by atoms with Crippen molar-refractivity contribution in [3.05, 3.63) is 59.6 Å². The molecular formula is C14H11ClN2O3. The number of ether oxygens (including phenoxy) is 1. The first-order valence-electron chi connectivity index (χ1n) is 5.74. The number of carbonyl (C=O) groups excluding carboxylic acids is 2. The number of carbonyl (C=O) groups is 2. The van der Waals surface area contributed by atoms with E-state index in [0.29, 0.717) is 10.7 Å². The Morgan fingerprint density at radius 2 is 1.75 bits per heavy atom. The van der Waals surface area contributed by atoms with E-state index < -0.39 is 12.1 Å². The van der Waals surface area contributed by atoms with Gasteiger partial charge in [0.25, 0.3) is 0 Å². The standard InChI is InChI=1S/C14H11ClN2O3/c15-10-5-4-8-12(9-10)20-14(19)17-13(18)16-11-6-2-1-3-7-11/h1-9H,(H2,16,17,18,19). The maximum absolute atomic E-state index is 11.5. The summed E-state index contributed by atoms with van der Waals surface area (Å²) < 4.78 is 4.91. The summed E-state index contributed by atoms with van der Waals surface area (Å²) >= 11 is 5.75. The van der Waals surface area contributed by atoms with Gasteiger partial charge in [-0.2, -0.15) is 0 Å². The summed E-state index contributed by atoms with van der Waals surface area (Å²) in [5.74, 6) is 0.252. The largest absolute Gasteiger partial charge is 0.420 e. The SMILES string of the molecule is O=C(NC(=O)Oc1cccc(Cl)c1)Nc1ccccc1. The molecule has 2 aromatic rings. The average molecular weight is 291 g/mol.